The Bertz CT molecular complexity index is 507. The second-order valence-corrected chi connectivity index (χ2v) is 7.12. The van der Waals surface area contributed by atoms with Crippen molar-refractivity contribution in [1.82, 2.24) is 4.90 Å². The minimum Gasteiger partial charge on any atom is -0.399 e. The molecule has 0 atom stereocenters. The normalized spacial score (nSPS) is 20.3. The lowest BCUT2D eigenvalue weighted by atomic mass is 9.98. The Balaban J connectivity index is 1.97. The highest BCUT2D eigenvalue weighted by Crippen LogP contribution is 2.28. The second-order valence-electron chi connectivity index (χ2n) is 7.12. The van der Waals surface area contributed by atoms with Crippen molar-refractivity contribution in [3.63, 3.8) is 0 Å². The van der Waals surface area contributed by atoms with Gasteiger partial charge in [0, 0.05) is 25.2 Å². The predicted molar refractivity (Wildman–Crippen MR) is 85.0 cm³/mol. The third-order valence-corrected chi connectivity index (χ3v) is 3.63. The summed E-state index contributed by atoms with van der Waals surface area (Å²) in [5.41, 5.74) is 7.02. The van der Waals surface area contributed by atoms with E-state index in [1.54, 1.807) is 0 Å². The fourth-order valence-electron chi connectivity index (χ4n) is 3.12. The molecule has 1 aromatic rings. The number of hydrogen-bond acceptors (Lipinski definition) is 3. The van der Waals surface area contributed by atoms with Gasteiger partial charge >= 0.3 is 0 Å². The lowest BCUT2D eigenvalue weighted by Crippen LogP contribution is -2.58. The van der Waals surface area contributed by atoms with E-state index >= 15 is 0 Å². The predicted octanol–water partition coefficient (Wildman–Crippen LogP) is 2.62. The number of anilines is 1. The number of rotatable bonds is 3. The number of benzene rings is 1. The first-order valence-electron chi connectivity index (χ1n) is 7.49. The fraction of sp³-hybridized carbons (Fsp3) is 0.588. The van der Waals surface area contributed by atoms with E-state index in [2.05, 4.69) is 0 Å². The van der Waals surface area contributed by atoms with Gasteiger partial charge in [-0.2, -0.15) is 0 Å². The molecule has 0 spiro atoms. The van der Waals surface area contributed by atoms with Gasteiger partial charge in [0.05, 0.1) is 11.2 Å². The van der Waals surface area contributed by atoms with E-state index in [0.717, 1.165) is 17.7 Å². The molecule has 1 fully saturated rings. The van der Waals surface area contributed by atoms with Crippen LogP contribution < -0.4 is 5.73 Å². The van der Waals surface area contributed by atoms with Crippen LogP contribution in [0.5, 0.6) is 0 Å². The highest BCUT2D eigenvalue weighted by Gasteiger charge is 2.39. The molecule has 0 saturated carbocycles. The van der Waals surface area contributed by atoms with Gasteiger partial charge in [0.25, 0.3) is 0 Å². The number of nitrogen functional groups attached to an aromatic ring is 1. The number of nitrogens with zero attached hydrogens (tertiary/aromatic N) is 1. The molecule has 1 aliphatic rings. The first kappa shape index (κ1) is 15.8. The van der Waals surface area contributed by atoms with Crippen molar-refractivity contribution >= 4 is 11.6 Å². The van der Waals surface area contributed by atoms with Crippen LogP contribution in [-0.2, 0) is 16.0 Å². The number of hydrogen-bond donors (Lipinski definition) is 1. The van der Waals surface area contributed by atoms with Crippen LogP contribution in [0.25, 0.3) is 0 Å². The highest BCUT2D eigenvalue weighted by atomic mass is 16.5. The zero-order chi connectivity index (χ0) is 15.7. The number of aryl methyl sites for hydroxylation is 1. The molecule has 1 aromatic carbocycles. The van der Waals surface area contributed by atoms with Gasteiger partial charge in [0.2, 0.25) is 5.91 Å². The van der Waals surface area contributed by atoms with Crippen LogP contribution in [0.2, 0.25) is 0 Å². The third kappa shape index (κ3) is 4.46. The summed E-state index contributed by atoms with van der Waals surface area (Å²) < 4.78 is 6.01. The van der Waals surface area contributed by atoms with Gasteiger partial charge in [-0.25, -0.2) is 0 Å². The standard InChI is InChI=1S/C17H26N2O2/c1-16(2)11-19(12-17(3,4)21-16)15(20)9-8-13-6-5-7-14(18)10-13/h5-7,10H,8-9,11-12,18H2,1-4H3. The minimum atomic E-state index is -0.297. The van der Waals surface area contributed by atoms with Gasteiger partial charge < -0.3 is 15.4 Å². The van der Waals surface area contributed by atoms with Crippen LogP contribution >= 0.6 is 0 Å². The molecular weight excluding hydrogens is 264 g/mol. The zero-order valence-electron chi connectivity index (χ0n) is 13.5. The van der Waals surface area contributed by atoms with Crippen molar-refractivity contribution in [2.75, 3.05) is 18.8 Å². The summed E-state index contributed by atoms with van der Waals surface area (Å²) in [5.74, 6) is 0.182. The average molecular weight is 290 g/mol. The molecule has 2 N–H and O–H groups in total. The van der Waals surface area contributed by atoms with Gasteiger partial charge in [-0.3, -0.25) is 4.79 Å². The van der Waals surface area contributed by atoms with Crippen molar-refractivity contribution < 1.29 is 9.53 Å². The molecule has 1 heterocycles. The Morgan fingerprint density at radius 2 is 1.86 bits per heavy atom. The number of nitrogens with two attached hydrogens (primary N) is 1. The molecule has 0 aromatic heterocycles. The van der Waals surface area contributed by atoms with E-state index in [1.807, 2.05) is 56.9 Å². The molecular formula is C17H26N2O2. The maximum Gasteiger partial charge on any atom is 0.223 e. The molecule has 4 heteroatoms. The van der Waals surface area contributed by atoms with Crippen LogP contribution in [0.3, 0.4) is 0 Å². The van der Waals surface area contributed by atoms with Crippen molar-refractivity contribution in [3.8, 4) is 0 Å². The number of carbonyl (C=O) groups excluding carboxylic acids is 1. The van der Waals surface area contributed by atoms with Crippen molar-refractivity contribution in [2.45, 2.75) is 51.7 Å². The molecule has 0 bridgehead atoms. The molecule has 1 aliphatic heterocycles. The lowest BCUT2D eigenvalue weighted by molar-refractivity contribution is -0.187. The van der Waals surface area contributed by atoms with Gasteiger partial charge in [-0.05, 0) is 51.8 Å². The highest BCUT2D eigenvalue weighted by molar-refractivity contribution is 5.76. The minimum absolute atomic E-state index is 0.182. The summed E-state index contributed by atoms with van der Waals surface area (Å²) in [4.78, 5) is 14.4. The molecule has 1 saturated heterocycles. The molecule has 0 unspecified atom stereocenters. The van der Waals surface area contributed by atoms with Crippen LogP contribution in [0.4, 0.5) is 5.69 Å². The lowest BCUT2D eigenvalue weighted by Gasteiger charge is -2.47. The van der Waals surface area contributed by atoms with Crippen LogP contribution in [0, 0.1) is 0 Å². The Labute approximate surface area is 127 Å². The largest absolute Gasteiger partial charge is 0.399 e. The van der Waals surface area contributed by atoms with Crippen molar-refractivity contribution in [1.29, 1.82) is 0 Å². The Hall–Kier alpha value is -1.55. The Morgan fingerprint density at radius 3 is 2.43 bits per heavy atom. The average Bonchev–Trinajstić information content (AvgIpc) is 2.32. The first-order valence-corrected chi connectivity index (χ1v) is 7.49. The number of amides is 1. The number of ether oxygens (including phenoxy) is 1. The molecule has 0 aliphatic carbocycles. The maximum atomic E-state index is 12.5. The number of morpholine rings is 1. The monoisotopic (exact) mass is 290 g/mol. The molecule has 116 valence electrons. The molecule has 21 heavy (non-hydrogen) atoms. The summed E-state index contributed by atoms with van der Waals surface area (Å²) in [6.07, 6.45) is 1.23. The van der Waals surface area contributed by atoms with E-state index in [-0.39, 0.29) is 17.1 Å². The Morgan fingerprint density at radius 1 is 1.24 bits per heavy atom. The summed E-state index contributed by atoms with van der Waals surface area (Å²) in [5, 5.41) is 0. The summed E-state index contributed by atoms with van der Waals surface area (Å²) in [7, 11) is 0. The van der Waals surface area contributed by atoms with E-state index < -0.39 is 0 Å². The molecule has 4 nitrogen and oxygen atoms in total. The van der Waals surface area contributed by atoms with E-state index in [4.69, 9.17) is 10.5 Å². The van der Waals surface area contributed by atoms with Gasteiger partial charge in [0.1, 0.15) is 0 Å². The topological polar surface area (TPSA) is 55.6 Å². The zero-order valence-corrected chi connectivity index (χ0v) is 13.5. The summed E-state index contributed by atoms with van der Waals surface area (Å²) >= 11 is 0. The quantitative estimate of drug-likeness (QED) is 0.871. The van der Waals surface area contributed by atoms with Crippen molar-refractivity contribution in [3.05, 3.63) is 29.8 Å². The molecule has 2 rings (SSSR count). The fourth-order valence-corrected chi connectivity index (χ4v) is 3.12. The first-order chi connectivity index (χ1) is 9.67. The third-order valence-electron chi connectivity index (χ3n) is 3.63. The summed E-state index contributed by atoms with van der Waals surface area (Å²) in [6.45, 7) is 9.43. The number of carbonyl (C=O) groups is 1. The van der Waals surface area contributed by atoms with Crippen LogP contribution in [0.1, 0.15) is 39.7 Å². The van der Waals surface area contributed by atoms with E-state index in [9.17, 15) is 4.79 Å². The van der Waals surface area contributed by atoms with Crippen molar-refractivity contribution in [2.24, 2.45) is 0 Å². The summed E-state index contributed by atoms with van der Waals surface area (Å²) in [6, 6.07) is 7.73. The van der Waals surface area contributed by atoms with Gasteiger partial charge in [-0.15, -0.1) is 0 Å². The van der Waals surface area contributed by atoms with E-state index in [1.165, 1.54) is 0 Å². The SMILES string of the molecule is CC1(C)CN(C(=O)CCc2cccc(N)c2)CC(C)(C)O1. The van der Waals surface area contributed by atoms with Crippen LogP contribution in [-0.4, -0.2) is 35.1 Å². The Kier molecular flexibility index (Phi) is 4.28. The second kappa shape index (κ2) is 5.68. The van der Waals surface area contributed by atoms with E-state index in [0.29, 0.717) is 19.5 Å². The van der Waals surface area contributed by atoms with Crippen LogP contribution in [0.15, 0.2) is 24.3 Å². The van der Waals surface area contributed by atoms with Gasteiger partial charge in [-0.1, -0.05) is 12.1 Å². The van der Waals surface area contributed by atoms with Gasteiger partial charge in [0.15, 0.2) is 0 Å². The molecule has 0 radical (unpaired) electrons. The molecule has 1 amide bonds. The smallest absolute Gasteiger partial charge is 0.223 e. The maximum absolute atomic E-state index is 12.5.